The topological polar surface area (TPSA) is 84.9 Å². The second-order valence-electron chi connectivity index (χ2n) is 5.69. The van der Waals surface area contributed by atoms with Crippen molar-refractivity contribution in [3.8, 4) is 5.75 Å². The van der Waals surface area contributed by atoms with Gasteiger partial charge >= 0.3 is 5.97 Å². The highest BCUT2D eigenvalue weighted by atomic mass is 16.5. The maximum atomic E-state index is 11.1. The van der Waals surface area contributed by atoms with Crippen LogP contribution >= 0.6 is 0 Å². The molecule has 6 heteroatoms. The van der Waals surface area contributed by atoms with Crippen LogP contribution in [0.4, 0.5) is 0 Å². The van der Waals surface area contributed by atoms with Gasteiger partial charge < -0.3 is 19.9 Å². The first-order chi connectivity index (χ1) is 12.6. The number of benzene rings is 2. The predicted octanol–water partition coefficient (Wildman–Crippen LogP) is 2.58. The number of amides is 1. The van der Waals surface area contributed by atoms with E-state index in [-0.39, 0.29) is 6.04 Å². The quantitative estimate of drug-likeness (QED) is 0.604. The van der Waals surface area contributed by atoms with Crippen LogP contribution in [0.3, 0.4) is 0 Å². The van der Waals surface area contributed by atoms with Crippen LogP contribution in [-0.4, -0.2) is 36.8 Å². The molecule has 0 aliphatic heterocycles. The largest absolute Gasteiger partial charge is 0.491 e. The van der Waals surface area contributed by atoms with Gasteiger partial charge in [0.25, 0.3) is 0 Å². The molecule has 0 unspecified atom stereocenters. The zero-order chi connectivity index (χ0) is 18.8. The smallest absolute Gasteiger partial charge is 0.333 e. The van der Waals surface area contributed by atoms with E-state index >= 15 is 0 Å². The number of rotatable bonds is 11. The summed E-state index contributed by atoms with van der Waals surface area (Å²) in [7, 11) is 0. The number of nitrogens with one attached hydrogen (secondary N) is 1. The summed E-state index contributed by atoms with van der Waals surface area (Å²) in [5.74, 6) is -0.330. The third-order valence-electron chi connectivity index (χ3n) is 3.88. The van der Waals surface area contributed by atoms with Gasteiger partial charge in [-0.2, -0.15) is 0 Å². The van der Waals surface area contributed by atoms with Crippen molar-refractivity contribution < 1.29 is 24.2 Å². The van der Waals surface area contributed by atoms with Gasteiger partial charge in [0.05, 0.1) is 6.04 Å². The minimum Gasteiger partial charge on any atom is -0.491 e. The Morgan fingerprint density at radius 2 is 1.85 bits per heavy atom. The molecule has 0 heterocycles. The second-order valence-corrected chi connectivity index (χ2v) is 5.69. The minimum absolute atomic E-state index is 0.247. The van der Waals surface area contributed by atoms with E-state index < -0.39 is 12.1 Å². The highest BCUT2D eigenvalue weighted by molar-refractivity contribution is 5.72. The van der Waals surface area contributed by atoms with E-state index in [0.29, 0.717) is 31.8 Å². The Bertz CT molecular complexity index is 687. The van der Waals surface area contributed by atoms with E-state index in [4.69, 9.17) is 14.6 Å². The van der Waals surface area contributed by atoms with Crippen LogP contribution in [0.25, 0.3) is 0 Å². The average molecular weight is 357 g/mol. The number of aliphatic carboxylic acids is 1. The summed E-state index contributed by atoms with van der Waals surface area (Å²) in [6.07, 6.45) is 0.0955. The van der Waals surface area contributed by atoms with Crippen molar-refractivity contribution in [1.82, 2.24) is 5.32 Å². The van der Waals surface area contributed by atoms with Crippen molar-refractivity contribution in [2.45, 2.75) is 25.5 Å². The molecule has 0 aromatic heterocycles. The highest BCUT2D eigenvalue weighted by Gasteiger charge is 2.18. The van der Waals surface area contributed by atoms with E-state index in [1.54, 1.807) is 19.1 Å². The number of ether oxygens (including phenoxy) is 2. The van der Waals surface area contributed by atoms with Crippen molar-refractivity contribution in [1.29, 1.82) is 0 Å². The van der Waals surface area contributed by atoms with Gasteiger partial charge in [-0.3, -0.25) is 4.79 Å². The number of hydrogen-bond donors (Lipinski definition) is 2. The van der Waals surface area contributed by atoms with E-state index in [9.17, 15) is 9.59 Å². The number of carbonyl (C=O) groups excluding carboxylic acids is 1. The lowest BCUT2D eigenvalue weighted by Gasteiger charge is -2.18. The Hall–Kier alpha value is -2.86. The molecule has 0 fully saturated rings. The van der Waals surface area contributed by atoms with E-state index in [1.807, 2.05) is 42.5 Å². The van der Waals surface area contributed by atoms with Gasteiger partial charge in [-0.15, -0.1) is 0 Å². The Labute approximate surface area is 152 Å². The van der Waals surface area contributed by atoms with Gasteiger partial charge in [0.15, 0.2) is 6.10 Å². The molecule has 0 aliphatic carbocycles. The molecule has 2 aromatic rings. The van der Waals surface area contributed by atoms with E-state index in [0.717, 1.165) is 11.1 Å². The van der Waals surface area contributed by atoms with Crippen molar-refractivity contribution in [2.75, 3.05) is 13.2 Å². The fourth-order valence-electron chi connectivity index (χ4n) is 2.54. The Morgan fingerprint density at radius 1 is 1.15 bits per heavy atom. The molecular weight excluding hydrogens is 334 g/mol. The molecule has 0 saturated heterocycles. The number of carboxylic acid groups (broad SMARTS) is 1. The SMILES string of the molecule is CCO[C@@H](Cc1ccc(OC[C@H](NC=O)c2ccccc2)cc1)C(=O)O. The van der Waals surface area contributed by atoms with Gasteiger partial charge in [0.1, 0.15) is 12.4 Å². The molecule has 0 spiro atoms. The second kappa shape index (κ2) is 10.2. The monoisotopic (exact) mass is 357 g/mol. The highest BCUT2D eigenvalue weighted by Crippen LogP contribution is 2.18. The molecule has 2 aromatic carbocycles. The fourth-order valence-corrected chi connectivity index (χ4v) is 2.54. The van der Waals surface area contributed by atoms with Crippen LogP contribution in [0.15, 0.2) is 54.6 Å². The molecule has 2 rings (SSSR count). The summed E-state index contributed by atoms with van der Waals surface area (Å²) < 4.78 is 11.0. The summed E-state index contributed by atoms with van der Waals surface area (Å²) in [6, 6.07) is 16.5. The number of hydrogen-bond acceptors (Lipinski definition) is 4. The summed E-state index contributed by atoms with van der Waals surface area (Å²) in [6.45, 7) is 2.41. The third-order valence-corrected chi connectivity index (χ3v) is 3.88. The van der Waals surface area contributed by atoms with E-state index in [2.05, 4.69) is 5.32 Å². The van der Waals surface area contributed by atoms with Gasteiger partial charge in [-0.1, -0.05) is 42.5 Å². The summed E-state index contributed by atoms with van der Waals surface area (Å²) in [5, 5.41) is 11.9. The lowest BCUT2D eigenvalue weighted by molar-refractivity contribution is -0.149. The first-order valence-electron chi connectivity index (χ1n) is 8.44. The Morgan fingerprint density at radius 3 is 2.42 bits per heavy atom. The molecule has 0 saturated carbocycles. The lowest BCUT2D eigenvalue weighted by atomic mass is 10.1. The van der Waals surface area contributed by atoms with Crippen LogP contribution < -0.4 is 10.1 Å². The van der Waals surface area contributed by atoms with Crippen molar-refractivity contribution in [2.24, 2.45) is 0 Å². The maximum absolute atomic E-state index is 11.1. The van der Waals surface area contributed by atoms with Crippen molar-refractivity contribution in [3.63, 3.8) is 0 Å². The molecule has 2 N–H and O–H groups in total. The molecule has 6 nitrogen and oxygen atoms in total. The standard InChI is InChI=1S/C20H23NO5/c1-2-25-19(20(23)24)12-15-8-10-17(11-9-15)26-13-18(21-14-22)16-6-4-3-5-7-16/h3-11,14,18-19H,2,12-13H2,1H3,(H,21,22)(H,23,24)/t18-,19-/m0/s1. The molecule has 0 aliphatic rings. The average Bonchev–Trinajstić information content (AvgIpc) is 2.66. The Balaban J connectivity index is 1.95. The van der Waals surface area contributed by atoms with Crippen LogP contribution in [0, 0.1) is 0 Å². The Kier molecular flexibility index (Phi) is 7.64. The number of carbonyl (C=O) groups is 2. The van der Waals surface area contributed by atoms with Crippen LogP contribution in [0.2, 0.25) is 0 Å². The molecule has 138 valence electrons. The summed E-state index contributed by atoms with van der Waals surface area (Å²) >= 11 is 0. The van der Waals surface area contributed by atoms with Crippen LogP contribution in [0.5, 0.6) is 5.75 Å². The third kappa shape index (κ3) is 5.89. The first kappa shape index (κ1) is 19.5. The normalized spacial score (nSPS) is 12.8. The van der Waals surface area contributed by atoms with Crippen LogP contribution in [-0.2, 0) is 20.7 Å². The molecule has 0 bridgehead atoms. The minimum atomic E-state index is -0.974. The number of carboxylic acids is 1. The molecular formula is C20H23NO5. The molecule has 1 amide bonds. The van der Waals surface area contributed by atoms with Gasteiger partial charge in [-0.05, 0) is 30.2 Å². The maximum Gasteiger partial charge on any atom is 0.333 e. The predicted molar refractivity (Wildman–Crippen MR) is 97.1 cm³/mol. The van der Waals surface area contributed by atoms with Crippen molar-refractivity contribution >= 4 is 12.4 Å². The van der Waals surface area contributed by atoms with E-state index in [1.165, 1.54) is 0 Å². The zero-order valence-corrected chi connectivity index (χ0v) is 14.6. The molecule has 0 radical (unpaired) electrons. The molecule has 26 heavy (non-hydrogen) atoms. The van der Waals surface area contributed by atoms with Gasteiger partial charge in [0, 0.05) is 13.0 Å². The molecule has 2 atom stereocenters. The zero-order valence-electron chi connectivity index (χ0n) is 14.6. The lowest BCUT2D eigenvalue weighted by Crippen LogP contribution is -2.26. The van der Waals surface area contributed by atoms with Crippen molar-refractivity contribution in [3.05, 3.63) is 65.7 Å². The van der Waals surface area contributed by atoms with Gasteiger partial charge in [0.2, 0.25) is 6.41 Å². The fraction of sp³-hybridized carbons (Fsp3) is 0.300. The van der Waals surface area contributed by atoms with Gasteiger partial charge in [-0.25, -0.2) is 4.79 Å². The summed E-state index contributed by atoms with van der Waals surface area (Å²) in [5.41, 5.74) is 1.81. The summed E-state index contributed by atoms with van der Waals surface area (Å²) in [4.78, 5) is 22.0. The van der Waals surface area contributed by atoms with Crippen LogP contribution in [0.1, 0.15) is 24.1 Å². The first-order valence-corrected chi connectivity index (χ1v) is 8.44.